The number of aromatic amines is 1. The molecular weight excluding hydrogens is 244 g/mol. The number of halogens is 1. The molecular formula is C9H9BrN4. The molecule has 3 N–H and O–H groups in total. The first-order valence-corrected chi connectivity index (χ1v) is 4.89. The average molecular weight is 253 g/mol. The second-order valence-corrected chi connectivity index (χ2v) is 3.93. The summed E-state index contributed by atoms with van der Waals surface area (Å²) in [5.41, 5.74) is 8.43. The minimum atomic E-state index is 0.497. The summed E-state index contributed by atoms with van der Waals surface area (Å²) >= 11 is 3.35. The molecule has 0 spiro atoms. The third-order valence-electron chi connectivity index (χ3n) is 1.88. The van der Waals surface area contributed by atoms with Crippen LogP contribution in [0.5, 0.6) is 0 Å². The number of H-pyrrole nitrogens is 1. The standard InChI is InChI=1S/C9H9BrN4/c1-5-2-8(14-13-5)7-3-6(10)4-12-9(7)11/h2-4H,1H3,(H2,11,12)(H,13,14). The normalized spacial score (nSPS) is 10.4. The van der Waals surface area contributed by atoms with Gasteiger partial charge in [-0.05, 0) is 35.0 Å². The number of anilines is 1. The van der Waals surface area contributed by atoms with E-state index in [1.54, 1.807) is 6.20 Å². The predicted octanol–water partition coefficient (Wildman–Crippen LogP) is 2.12. The Balaban J connectivity index is 2.55. The summed E-state index contributed by atoms with van der Waals surface area (Å²) in [7, 11) is 0. The largest absolute Gasteiger partial charge is 0.383 e. The van der Waals surface area contributed by atoms with Gasteiger partial charge in [-0.2, -0.15) is 5.10 Å². The van der Waals surface area contributed by atoms with Gasteiger partial charge in [-0.1, -0.05) is 0 Å². The molecule has 0 unspecified atom stereocenters. The summed E-state index contributed by atoms with van der Waals surface area (Å²) < 4.78 is 0.897. The van der Waals surface area contributed by atoms with E-state index < -0.39 is 0 Å². The average Bonchev–Trinajstić information content (AvgIpc) is 2.56. The Bertz CT molecular complexity index is 464. The minimum absolute atomic E-state index is 0.497. The summed E-state index contributed by atoms with van der Waals surface area (Å²) in [4.78, 5) is 4.05. The van der Waals surface area contributed by atoms with Crippen LogP contribution in [0.15, 0.2) is 22.8 Å². The summed E-state index contributed by atoms with van der Waals surface area (Å²) in [5, 5.41) is 6.94. The lowest BCUT2D eigenvalue weighted by Crippen LogP contribution is -1.93. The fourth-order valence-corrected chi connectivity index (χ4v) is 1.56. The zero-order valence-corrected chi connectivity index (χ0v) is 9.17. The topological polar surface area (TPSA) is 67.6 Å². The highest BCUT2D eigenvalue weighted by molar-refractivity contribution is 9.10. The SMILES string of the molecule is Cc1cc(-c2cc(Br)cnc2N)[nH]n1. The van der Waals surface area contributed by atoms with Crippen LogP contribution in [-0.4, -0.2) is 15.2 Å². The Morgan fingerprint density at radius 2 is 2.21 bits per heavy atom. The van der Waals surface area contributed by atoms with Crippen LogP contribution in [0.2, 0.25) is 0 Å². The molecule has 0 aromatic carbocycles. The molecule has 5 heteroatoms. The van der Waals surface area contributed by atoms with E-state index in [4.69, 9.17) is 5.73 Å². The Morgan fingerprint density at radius 1 is 1.43 bits per heavy atom. The van der Waals surface area contributed by atoms with Crippen molar-refractivity contribution in [1.29, 1.82) is 0 Å². The molecule has 2 aromatic heterocycles. The number of aromatic nitrogens is 3. The maximum atomic E-state index is 5.75. The highest BCUT2D eigenvalue weighted by atomic mass is 79.9. The van der Waals surface area contributed by atoms with Crippen LogP contribution in [0.3, 0.4) is 0 Å². The van der Waals surface area contributed by atoms with Gasteiger partial charge in [0.05, 0.1) is 11.4 Å². The van der Waals surface area contributed by atoms with Crippen molar-refractivity contribution >= 4 is 21.7 Å². The molecule has 0 saturated carbocycles. The van der Waals surface area contributed by atoms with Gasteiger partial charge in [0.1, 0.15) is 5.82 Å². The van der Waals surface area contributed by atoms with Crippen molar-refractivity contribution in [1.82, 2.24) is 15.2 Å². The third-order valence-corrected chi connectivity index (χ3v) is 2.31. The molecule has 0 saturated heterocycles. The number of nitrogen functional groups attached to an aromatic ring is 1. The molecule has 0 radical (unpaired) electrons. The molecule has 72 valence electrons. The Kier molecular flexibility index (Phi) is 2.25. The highest BCUT2D eigenvalue weighted by Crippen LogP contribution is 2.25. The van der Waals surface area contributed by atoms with Crippen molar-refractivity contribution in [3.8, 4) is 11.3 Å². The summed E-state index contributed by atoms with van der Waals surface area (Å²) in [6.45, 7) is 1.92. The van der Waals surface area contributed by atoms with Gasteiger partial charge in [-0.25, -0.2) is 4.98 Å². The van der Waals surface area contributed by atoms with Crippen LogP contribution in [-0.2, 0) is 0 Å². The van der Waals surface area contributed by atoms with Crippen LogP contribution in [0.4, 0.5) is 5.82 Å². The number of nitrogens with zero attached hydrogens (tertiary/aromatic N) is 2. The number of hydrogen-bond donors (Lipinski definition) is 2. The second kappa shape index (κ2) is 3.42. The number of hydrogen-bond acceptors (Lipinski definition) is 3. The molecule has 2 aromatic rings. The molecule has 0 atom stereocenters. The van der Waals surface area contributed by atoms with Crippen LogP contribution in [0.1, 0.15) is 5.69 Å². The first-order chi connectivity index (χ1) is 6.66. The Morgan fingerprint density at radius 3 is 2.86 bits per heavy atom. The van der Waals surface area contributed by atoms with Crippen molar-refractivity contribution in [2.75, 3.05) is 5.73 Å². The van der Waals surface area contributed by atoms with Crippen molar-refractivity contribution in [2.45, 2.75) is 6.92 Å². The number of nitrogens with two attached hydrogens (primary N) is 1. The van der Waals surface area contributed by atoms with E-state index in [1.165, 1.54) is 0 Å². The van der Waals surface area contributed by atoms with Gasteiger partial charge < -0.3 is 5.73 Å². The third kappa shape index (κ3) is 1.63. The van der Waals surface area contributed by atoms with Crippen molar-refractivity contribution in [2.24, 2.45) is 0 Å². The predicted molar refractivity (Wildman–Crippen MR) is 58.7 cm³/mol. The molecule has 2 rings (SSSR count). The lowest BCUT2D eigenvalue weighted by atomic mass is 10.2. The van der Waals surface area contributed by atoms with Gasteiger partial charge in [-0.15, -0.1) is 0 Å². The van der Waals surface area contributed by atoms with Crippen LogP contribution in [0, 0.1) is 6.92 Å². The Hall–Kier alpha value is -1.36. The molecule has 0 amide bonds. The quantitative estimate of drug-likeness (QED) is 0.817. The van der Waals surface area contributed by atoms with E-state index in [-0.39, 0.29) is 0 Å². The van der Waals surface area contributed by atoms with Gasteiger partial charge >= 0.3 is 0 Å². The van der Waals surface area contributed by atoms with Crippen LogP contribution >= 0.6 is 15.9 Å². The number of aryl methyl sites for hydroxylation is 1. The molecule has 0 aliphatic heterocycles. The summed E-state index contributed by atoms with van der Waals surface area (Å²) in [5.74, 6) is 0.497. The number of nitrogens with one attached hydrogen (secondary N) is 1. The number of rotatable bonds is 1. The monoisotopic (exact) mass is 252 g/mol. The van der Waals surface area contributed by atoms with Gasteiger partial charge in [-0.3, -0.25) is 5.10 Å². The maximum Gasteiger partial charge on any atom is 0.132 e. The van der Waals surface area contributed by atoms with Crippen molar-refractivity contribution < 1.29 is 0 Å². The molecule has 0 aliphatic carbocycles. The summed E-state index contributed by atoms with van der Waals surface area (Å²) in [6, 6.07) is 3.84. The van der Waals surface area contributed by atoms with Crippen molar-refractivity contribution in [3.05, 3.63) is 28.5 Å². The molecule has 0 fully saturated rings. The van der Waals surface area contributed by atoms with E-state index in [1.807, 2.05) is 19.1 Å². The fraction of sp³-hybridized carbons (Fsp3) is 0.111. The van der Waals surface area contributed by atoms with E-state index in [2.05, 4.69) is 31.1 Å². The van der Waals surface area contributed by atoms with E-state index in [9.17, 15) is 0 Å². The highest BCUT2D eigenvalue weighted by Gasteiger charge is 2.06. The second-order valence-electron chi connectivity index (χ2n) is 3.01. The lowest BCUT2D eigenvalue weighted by molar-refractivity contribution is 1.05. The minimum Gasteiger partial charge on any atom is -0.383 e. The number of pyridine rings is 1. The van der Waals surface area contributed by atoms with Gasteiger partial charge in [0.25, 0.3) is 0 Å². The van der Waals surface area contributed by atoms with E-state index in [0.717, 1.165) is 21.4 Å². The first kappa shape index (κ1) is 9.21. The smallest absolute Gasteiger partial charge is 0.132 e. The molecule has 0 aliphatic rings. The molecule has 14 heavy (non-hydrogen) atoms. The van der Waals surface area contributed by atoms with Gasteiger partial charge in [0.2, 0.25) is 0 Å². The fourth-order valence-electron chi connectivity index (χ4n) is 1.23. The summed E-state index contributed by atoms with van der Waals surface area (Å²) in [6.07, 6.45) is 1.67. The Labute approximate surface area is 89.7 Å². The van der Waals surface area contributed by atoms with E-state index in [0.29, 0.717) is 5.82 Å². The molecule has 4 nitrogen and oxygen atoms in total. The lowest BCUT2D eigenvalue weighted by Gasteiger charge is -2.01. The molecule has 0 bridgehead atoms. The van der Waals surface area contributed by atoms with E-state index >= 15 is 0 Å². The first-order valence-electron chi connectivity index (χ1n) is 4.10. The zero-order valence-electron chi connectivity index (χ0n) is 7.58. The molecule has 2 heterocycles. The maximum absolute atomic E-state index is 5.75. The van der Waals surface area contributed by atoms with Crippen LogP contribution < -0.4 is 5.73 Å². The van der Waals surface area contributed by atoms with Gasteiger partial charge in [0.15, 0.2) is 0 Å². The van der Waals surface area contributed by atoms with Gasteiger partial charge in [0, 0.05) is 16.2 Å². The van der Waals surface area contributed by atoms with Crippen molar-refractivity contribution in [3.63, 3.8) is 0 Å². The zero-order chi connectivity index (χ0) is 10.1. The van der Waals surface area contributed by atoms with Crippen LogP contribution in [0.25, 0.3) is 11.3 Å².